The van der Waals surface area contributed by atoms with E-state index in [1.54, 1.807) is 0 Å². The molecule has 0 saturated carbocycles. The van der Waals surface area contributed by atoms with Gasteiger partial charge in [0.05, 0.1) is 0 Å². The van der Waals surface area contributed by atoms with E-state index in [2.05, 4.69) is 44.5 Å². The van der Waals surface area contributed by atoms with Gasteiger partial charge in [-0.15, -0.1) is 0 Å². The monoisotopic (exact) mass is 175 g/mol. The van der Waals surface area contributed by atoms with Crippen LogP contribution in [0.15, 0.2) is 48.5 Å². The lowest BCUT2D eigenvalue weighted by molar-refractivity contribution is 0.503. The van der Waals surface area contributed by atoms with Crippen LogP contribution >= 0.6 is 0 Å². The van der Waals surface area contributed by atoms with Gasteiger partial charge in [-0.25, -0.2) is 0 Å². The van der Waals surface area contributed by atoms with Crippen molar-refractivity contribution in [2.45, 2.75) is 20.8 Å². The number of allylic oxidation sites excluding steroid dienone is 5. The van der Waals surface area contributed by atoms with Crippen LogP contribution in [-0.2, 0) is 0 Å². The molecule has 0 aromatic carbocycles. The first kappa shape index (κ1) is 9.85. The van der Waals surface area contributed by atoms with Crippen molar-refractivity contribution >= 4 is 0 Å². The molecule has 0 spiro atoms. The summed E-state index contributed by atoms with van der Waals surface area (Å²) in [6.45, 7) is 10.4. The third-order valence-corrected chi connectivity index (χ3v) is 2.11. The van der Waals surface area contributed by atoms with Crippen LogP contribution in [0.2, 0.25) is 0 Å². The number of nitrogens with zero attached hydrogens (tertiary/aromatic N) is 1. The first-order valence-electron chi connectivity index (χ1n) is 4.66. The maximum atomic E-state index is 3.99. The molecule has 1 heteroatoms. The molecule has 1 rings (SSSR count). The average Bonchev–Trinajstić information content (AvgIpc) is 2.09. The summed E-state index contributed by atoms with van der Waals surface area (Å²) >= 11 is 0. The molecule has 0 unspecified atom stereocenters. The first-order chi connectivity index (χ1) is 6.16. The van der Waals surface area contributed by atoms with Crippen LogP contribution < -0.4 is 0 Å². The highest BCUT2D eigenvalue weighted by Gasteiger charge is 2.12. The van der Waals surface area contributed by atoms with E-state index in [1.165, 1.54) is 5.70 Å². The molecule has 0 saturated heterocycles. The second-order valence-electron chi connectivity index (χ2n) is 3.43. The molecule has 1 aliphatic heterocycles. The van der Waals surface area contributed by atoms with E-state index in [0.29, 0.717) is 5.92 Å². The van der Waals surface area contributed by atoms with Gasteiger partial charge in [-0.1, -0.05) is 32.6 Å². The minimum absolute atomic E-state index is 0.526. The van der Waals surface area contributed by atoms with Crippen LogP contribution in [0.1, 0.15) is 20.8 Å². The van der Waals surface area contributed by atoms with Crippen LogP contribution in [0.3, 0.4) is 0 Å². The molecule has 0 radical (unpaired) electrons. The zero-order chi connectivity index (χ0) is 9.84. The Bertz CT molecular complexity index is 279. The molecule has 0 bridgehead atoms. The molecule has 1 heterocycles. The quantitative estimate of drug-likeness (QED) is 0.621. The molecule has 0 aliphatic carbocycles. The van der Waals surface area contributed by atoms with Gasteiger partial charge in [0.15, 0.2) is 0 Å². The fourth-order valence-corrected chi connectivity index (χ4v) is 1.48. The summed E-state index contributed by atoms with van der Waals surface area (Å²) in [7, 11) is 0. The lowest BCUT2D eigenvalue weighted by atomic mass is 10.1. The number of hydrogen-bond acceptors (Lipinski definition) is 1. The fourth-order valence-electron chi connectivity index (χ4n) is 1.48. The maximum Gasteiger partial charge on any atom is 0.0380 e. The Labute approximate surface area is 80.7 Å². The minimum Gasteiger partial charge on any atom is -0.322 e. The van der Waals surface area contributed by atoms with E-state index in [9.17, 15) is 0 Å². The van der Waals surface area contributed by atoms with Crippen LogP contribution in [0, 0.1) is 5.92 Å². The van der Waals surface area contributed by atoms with E-state index >= 15 is 0 Å². The van der Waals surface area contributed by atoms with Crippen molar-refractivity contribution in [1.82, 2.24) is 4.90 Å². The smallest absolute Gasteiger partial charge is 0.0380 e. The maximum absolute atomic E-state index is 3.99. The van der Waals surface area contributed by atoms with Gasteiger partial charge in [0.2, 0.25) is 0 Å². The lowest BCUT2D eigenvalue weighted by Crippen LogP contribution is -2.19. The Morgan fingerprint density at radius 1 is 1.46 bits per heavy atom. The second kappa shape index (κ2) is 4.13. The molecule has 0 aromatic heterocycles. The molecule has 0 amide bonds. The normalized spacial score (nSPS) is 17.4. The predicted octanol–water partition coefficient (Wildman–Crippen LogP) is 3.45. The van der Waals surface area contributed by atoms with Gasteiger partial charge in [-0.2, -0.15) is 0 Å². The van der Waals surface area contributed by atoms with Crippen molar-refractivity contribution in [1.29, 1.82) is 0 Å². The van der Waals surface area contributed by atoms with E-state index < -0.39 is 0 Å². The molecular weight excluding hydrogens is 158 g/mol. The molecule has 0 fully saturated rings. The minimum atomic E-state index is 0.526. The number of rotatable bonds is 2. The van der Waals surface area contributed by atoms with Gasteiger partial charge in [0.1, 0.15) is 0 Å². The van der Waals surface area contributed by atoms with E-state index in [1.807, 2.05) is 18.2 Å². The van der Waals surface area contributed by atoms with Crippen molar-refractivity contribution in [3.63, 3.8) is 0 Å². The highest BCUT2D eigenvalue weighted by molar-refractivity contribution is 5.30. The van der Waals surface area contributed by atoms with Crippen LogP contribution in [-0.4, -0.2) is 4.90 Å². The largest absolute Gasteiger partial charge is 0.322 e. The summed E-state index contributed by atoms with van der Waals surface area (Å²) in [4.78, 5) is 2.13. The molecule has 70 valence electrons. The summed E-state index contributed by atoms with van der Waals surface area (Å²) < 4.78 is 0. The van der Waals surface area contributed by atoms with Crippen LogP contribution in [0.25, 0.3) is 0 Å². The average molecular weight is 175 g/mol. The standard InChI is InChI=1S/C12H17N/c1-5-12(10(2)3)13-9-7-6-8-11(13)4/h5-10H,4H2,1-3H3/b12-5-. The molecule has 1 aliphatic rings. The Kier molecular flexibility index (Phi) is 3.13. The van der Waals surface area contributed by atoms with Crippen molar-refractivity contribution in [3.05, 3.63) is 48.5 Å². The Morgan fingerprint density at radius 2 is 2.15 bits per heavy atom. The molecule has 0 N–H and O–H groups in total. The summed E-state index contributed by atoms with van der Waals surface area (Å²) in [6.07, 6.45) is 10.2. The Morgan fingerprint density at radius 3 is 2.62 bits per heavy atom. The van der Waals surface area contributed by atoms with Gasteiger partial charge in [0, 0.05) is 17.6 Å². The van der Waals surface area contributed by atoms with Crippen molar-refractivity contribution in [2.75, 3.05) is 0 Å². The highest BCUT2D eigenvalue weighted by Crippen LogP contribution is 2.22. The van der Waals surface area contributed by atoms with E-state index in [-0.39, 0.29) is 0 Å². The first-order valence-corrected chi connectivity index (χ1v) is 4.66. The zero-order valence-electron chi connectivity index (χ0n) is 8.62. The van der Waals surface area contributed by atoms with Crippen molar-refractivity contribution in [3.8, 4) is 0 Å². The number of hydrogen-bond donors (Lipinski definition) is 0. The summed E-state index contributed by atoms with van der Waals surface area (Å²) in [5.41, 5.74) is 2.33. The van der Waals surface area contributed by atoms with Crippen molar-refractivity contribution < 1.29 is 0 Å². The van der Waals surface area contributed by atoms with Gasteiger partial charge >= 0.3 is 0 Å². The fraction of sp³-hybridized carbons (Fsp3) is 0.333. The third-order valence-electron chi connectivity index (χ3n) is 2.11. The molecular formula is C12H17N. The second-order valence-corrected chi connectivity index (χ2v) is 3.43. The SMILES string of the molecule is C=C1C=CC=CN1/C(=C\C)C(C)C. The van der Waals surface area contributed by atoms with Crippen LogP contribution in [0.4, 0.5) is 0 Å². The molecule has 1 nitrogen and oxygen atoms in total. The predicted molar refractivity (Wildman–Crippen MR) is 57.9 cm³/mol. The van der Waals surface area contributed by atoms with Crippen molar-refractivity contribution in [2.24, 2.45) is 5.92 Å². The summed E-state index contributed by atoms with van der Waals surface area (Å²) in [6, 6.07) is 0. The zero-order valence-corrected chi connectivity index (χ0v) is 8.62. The highest BCUT2D eigenvalue weighted by atomic mass is 15.1. The van der Waals surface area contributed by atoms with Gasteiger partial charge in [0.25, 0.3) is 0 Å². The molecule has 0 atom stereocenters. The topological polar surface area (TPSA) is 3.24 Å². The van der Waals surface area contributed by atoms with Crippen LogP contribution in [0.5, 0.6) is 0 Å². The van der Waals surface area contributed by atoms with Gasteiger partial charge in [-0.3, -0.25) is 0 Å². The van der Waals surface area contributed by atoms with E-state index in [0.717, 1.165) is 5.70 Å². The van der Waals surface area contributed by atoms with E-state index in [4.69, 9.17) is 0 Å². The molecule has 13 heavy (non-hydrogen) atoms. The Hall–Kier alpha value is -1.24. The van der Waals surface area contributed by atoms with Gasteiger partial charge in [-0.05, 0) is 25.0 Å². The third kappa shape index (κ3) is 2.11. The Balaban J connectivity index is 2.88. The summed E-state index contributed by atoms with van der Waals surface area (Å²) in [5, 5.41) is 0. The molecule has 0 aromatic rings. The van der Waals surface area contributed by atoms with Gasteiger partial charge < -0.3 is 4.90 Å². The lowest BCUT2D eigenvalue weighted by Gasteiger charge is -2.28. The summed E-state index contributed by atoms with van der Waals surface area (Å²) in [5.74, 6) is 0.526.